The highest BCUT2D eigenvalue weighted by Gasteiger charge is 2.35. The average molecular weight is 270 g/mol. The molecule has 2 rings (SSSR count). The van der Waals surface area contributed by atoms with E-state index < -0.39 is 17.9 Å². The Labute approximate surface area is 118 Å². The molecule has 20 heavy (non-hydrogen) atoms. The summed E-state index contributed by atoms with van der Waals surface area (Å²) in [6.07, 6.45) is 9.08. The summed E-state index contributed by atoms with van der Waals surface area (Å²) in [7, 11) is 0. The lowest BCUT2D eigenvalue weighted by Crippen LogP contribution is -2.46. The third kappa shape index (κ3) is 2.83. The van der Waals surface area contributed by atoms with Gasteiger partial charge in [-0.15, -0.1) is 6.42 Å². The van der Waals surface area contributed by atoms with E-state index in [4.69, 9.17) is 12.2 Å². The number of nitrogens with two attached hydrogens (primary N) is 1. The summed E-state index contributed by atoms with van der Waals surface area (Å²) in [6.45, 7) is 0. The largest absolute Gasteiger partial charge is 0.368 e. The molecule has 0 bridgehead atoms. The van der Waals surface area contributed by atoms with E-state index in [1.807, 2.05) is 18.2 Å². The first-order valence-electron chi connectivity index (χ1n) is 6.78. The Morgan fingerprint density at radius 3 is 2.35 bits per heavy atom. The first-order chi connectivity index (χ1) is 9.65. The summed E-state index contributed by atoms with van der Waals surface area (Å²) in [5.74, 6) is 1.11. The maximum atomic E-state index is 12.1. The fourth-order valence-corrected chi connectivity index (χ4v) is 2.85. The van der Waals surface area contributed by atoms with Gasteiger partial charge in [0.1, 0.15) is 6.04 Å². The zero-order chi connectivity index (χ0) is 14.5. The normalized spacial score (nSPS) is 16.4. The van der Waals surface area contributed by atoms with Gasteiger partial charge in [0, 0.05) is 6.04 Å². The van der Waals surface area contributed by atoms with Crippen molar-refractivity contribution in [2.24, 2.45) is 5.73 Å². The summed E-state index contributed by atoms with van der Waals surface area (Å²) in [5, 5.41) is 0. The standard InChI is InChI=1S/C16H18N2O2/c1-2-14(19)18(13-10-6-7-11-13)15(16(17)20)12-8-4-3-5-9-12/h1,3-5,8-9,13,15H,6-7,10-11H2,(H2,17,20). The lowest BCUT2D eigenvalue weighted by Gasteiger charge is -2.33. The predicted octanol–water partition coefficient (Wildman–Crippen LogP) is 1.62. The van der Waals surface area contributed by atoms with E-state index in [0.29, 0.717) is 5.56 Å². The molecule has 2 N–H and O–H groups in total. The molecule has 0 aromatic heterocycles. The molecular weight excluding hydrogens is 252 g/mol. The van der Waals surface area contributed by atoms with E-state index in [0.717, 1.165) is 25.7 Å². The van der Waals surface area contributed by atoms with E-state index in [1.54, 1.807) is 12.1 Å². The molecule has 1 aliphatic rings. The zero-order valence-corrected chi connectivity index (χ0v) is 11.3. The number of primary amides is 1. The number of hydrogen-bond acceptors (Lipinski definition) is 2. The molecule has 4 heteroatoms. The number of carbonyl (C=O) groups excluding carboxylic acids is 2. The second-order valence-electron chi connectivity index (χ2n) is 5.01. The molecule has 2 amide bonds. The third-order valence-electron chi connectivity index (χ3n) is 3.74. The molecular formula is C16H18N2O2. The first-order valence-corrected chi connectivity index (χ1v) is 6.78. The molecule has 1 aromatic rings. The Hall–Kier alpha value is -2.28. The van der Waals surface area contributed by atoms with E-state index in [2.05, 4.69) is 5.92 Å². The van der Waals surface area contributed by atoms with Crippen LogP contribution in [0.4, 0.5) is 0 Å². The van der Waals surface area contributed by atoms with Crippen molar-refractivity contribution < 1.29 is 9.59 Å². The van der Waals surface area contributed by atoms with Gasteiger partial charge in [0.05, 0.1) is 0 Å². The van der Waals surface area contributed by atoms with Crippen LogP contribution >= 0.6 is 0 Å². The number of rotatable bonds is 4. The smallest absolute Gasteiger partial charge is 0.299 e. The molecule has 0 aliphatic heterocycles. The Morgan fingerprint density at radius 1 is 1.25 bits per heavy atom. The Kier molecular flexibility index (Phi) is 4.41. The Bertz CT molecular complexity index is 527. The van der Waals surface area contributed by atoms with Crippen LogP contribution in [0.3, 0.4) is 0 Å². The molecule has 1 aliphatic carbocycles. The minimum Gasteiger partial charge on any atom is -0.368 e. The fraction of sp³-hybridized carbons (Fsp3) is 0.375. The zero-order valence-electron chi connectivity index (χ0n) is 11.3. The van der Waals surface area contributed by atoms with Crippen molar-refractivity contribution in [1.82, 2.24) is 4.90 Å². The van der Waals surface area contributed by atoms with Gasteiger partial charge in [-0.25, -0.2) is 0 Å². The predicted molar refractivity (Wildman–Crippen MR) is 76.3 cm³/mol. The summed E-state index contributed by atoms with van der Waals surface area (Å²) in [5.41, 5.74) is 6.23. The molecule has 1 fully saturated rings. The van der Waals surface area contributed by atoms with Gasteiger partial charge >= 0.3 is 0 Å². The van der Waals surface area contributed by atoms with Gasteiger partial charge < -0.3 is 10.6 Å². The number of nitrogens with zero attached hydrogens (tertiary/aromatic N) is 1. The molecule has 104 valence electrons. The first kappa shape index (κ1) is 14.1. The highest BCUT2D eigenvalue weighted by atomic mass is 16.2. The van der Waals surface area contributed by atoms with E-state index >= 15 is 0 Å². The van der Waals surface area contributed by atoms with Crippen LogP contribution in [0.1, 0.15) is 37.3 Å². The minimum atomic E-state index is -0.789. The molecule has 1 aromatic carbocycles. The highest BCUT2D eigenvalue weighted by molar-refractivity contribution is 5.97. The van der Waals surface area contributed by atoms with E-state index in [9.17, 15) is 9.59 Å². The molecule has 1 unspecified atom stereocenters. The molecule has 0 saturated heterocycles. The fourth-order valence-electron chi connectivity index (χ4n) is 2.85. The molecule has 1 saturated carbocycles. The van der Waals surface area contributed by atoms with Gasteiger partial charge in [-0.2, -0.15) is 0 Å². The topological polar surface area (TPSA) is 63.4 Å². The van der Waals surface area contributed by atoms with Crippen molar-refractivity contribution in [3.05, 3.63) is 35.9 Å². The quantitative estimate of drug-likeness (QED) is 0.845. The van der Waals surface area contributed by atoms with Crippen LogP contribution in [0, 0.1) is 12.3 Å². The molecule has 0 spiro atoms. The monoisotopic (exact) mass is 270 g/mol. The second kappa shape index (κ2) is 6.25. The maximum absolute atomic E-state index is 12.1. The third-order valence-corrected chi connectivity index (χ3v) is 3.74. The molecule has 0 radical (unpaired) electrons. The van der Waals surface area contributed by atoms with Crippen molar-refractivity contribution in [3.8, 4) is 12.3 Å². The number of benzene rings is 1. The number of carbonyl (C=O) groups is 2. The van der Waals surface area contributed by atoms with Crippen LogP contribution in [0.15, 0.2) is 30.3 Å². The average Bonchev–Trinajstić information content (AvgIpc) is 2.98. The number of terminal acetylenes is 1. The van der Waals surface area contributed by atoms with E-state index in [-0.39, 0.29) is 6.04 Å². The summed E-state index contributed by atoms with van der Waals surface area (Å²) in [6, 6.07) is 8.28. The van der Waals surface area contributed by atoms with Crippen molar-refractivity contribution in [3.63, 3.8) is 0 Å². The van der Waals surface area contributed by atoms with Crippen LogP contribution in [-0.4, -0.2) is 22.8 Å². The van der Waals surface area contributed by atoms with Crippen LogP contribution in [0.5, 0.6) is 0 Å². The lowest BCUT2D eigenvalue weighted by molar-refractivity contribution is -0.137. The Balaban J connectivity index is 2.40. The van der Waals surface area contributed by atoms with Gasteiger partial charge in [-0.05, 0) is 24.3 Å². The van der Waals surface area contributed by atoms with Gasteiger partial charge in [-0.3, -0.25) is 9.59 Å². The van der Waals surface area contributed by atoms with Gasteiger partial charge in [-0.1, -0.05) is 43.2 Å². The summed E-state index contributed by atoms with van der Waals surface area (Å²) >= 11 is 0. The van der Waals surface area contributed by atoms with Gasteiger partial charge in [0.15, 0.2) is 0 Å². The lowest BCUT2D eigenvalue weighted by atomic mass is 10.0. The van der Waals surface area contributed by atoms with Crippen molar-refractivity contribution in [1.29, 1.82) is 0 Å². The number of amides is 2. The van der Waals surface area contributed by atoms with Gasteiger partial charge in [0.2, 0.25) is 5.91 Å². The van der Waals surface area contributed by atoms with Crippen molar-refractivity contribution in [2.45, 2.75) is 37.8 Å². The Morgan fingerprint density at radius 2 is 1.85 bits per heavy atom. The van der Waals surface area contributed by atoms with Crippen LogP contribution < -0.4 is 5.73 Å². The number of hydrogen-bond donors (Lipinski definition) is 1. The van der Waals surface area contributed by atoms with Crippen LogP contribution in [0.2, 0.25) is 0 Å². The van der Waals surface area contributed by atoms with Gasteiger partial charge in [0.25, 0.3) is 5.91 Å². The highest BCUT2D eigenvalue weighted by Crippen LogP contribution is 2.31. The van der Waals surface area contributed by atoms with Crippen LogP contribution in [0.25, 0.3) is 0 Å². The molecule has 1 atom stereocenters. The van der Waals surface area contributed by atoms with Crippen molar-refractivity contribution in [2.75, 3.05) is 0 Å². The van der Waals surface area contributed by atoms with Crippen LogP contribution in [-0.2, 0) is 9.59 Å². The van der Waals surface area contributed by atoms with E-state index in [1.165, 1.54) is 4.90 Å². The summed E-state index contributed by atoms with van der Waals surface area (Å²) < 4.78 is 0. The SMILES string of the molecule is C#CC(=O)N(C1CCCC1)C(C(N)=O)c1ccccc1. The summed E-state index contributed by atoms with van der Waals surface area (Å²) in [4.78, 5) is 25.5. The maximum Gasteiger partial charge on any atom is 0.299 e. The second-order valence-corrected chi connectivity index (χ2v) is 5.01. The van der Waals surface area contributed by atoms with Crippen molar-refractivity contribution >= 4 is 11.8 Å². The minimum absolute atomic E-state index is 0.00347. The molecule has 0 heterocycles. The molecule has 4 nitrogen and oxygen atoms in total.